The number of rotatable bonds is 6. The SMILES string of the molecule is CN(C)C(CNC(=O)Cn1ncc2ccccc2c1=O)c1ccco1. The number of fused-ring (bicyclic) bond motifs is 1. The molecule has 7 heteroatoms. The molecule has 0 bridgehead atoms. The summed E-state index contributed by atoms with van der Waals surface area (Å²) in [6, 6.07) is 10.8. The molecular formula is C18H20N4O3. The van der Waals surface area contributed by atoms with E-state index in [4.69, 9.17) is 4.42 Å². The van der Waals surface area contributed by atoms with E-state index in [0.29, 0.717) is 11.9 Å². The Morgan fingerprint density at radius 3 is 2.80 bits per heavy atom. The number of carbonyl (C=O) groups excluding carboxylic acids is 1. The molecule has 0 fully saturated rings. The third-order valence-electron chi connectivity index (χ3n) is 4.04. The minimum Gasteiger partial charge on any atom is -0.468 e. The van der Waals surface area contributed by atoms with Gasteiger partial charge in [-0.2, -0.15) is 5.10 Å². The van der Waals surface area contributed by atoms with Crippen molar-refractivity contribution in [2.24, 2.45) is 0 Å². The van der Waals surface area contributed by atoms with Crippen molar-refractivity contribution >= 4 is 16.7 Å². The van der Waals surface area contributed by atoms with Crippen LogP contribution in [0.15, 0.2) is 58.1 Å². The molecule has 0 saturated heterocycles. The van der Waals surface area contributed by atoms with Gasteiger partial charge in [0.15, 0.2) is 0 Å². The Kier molecular flexibility index (Phi) is 4.95. The van der Waals surface area contributed by atoms with E-state index in [1.165, 1.54) is 4.68 Å². The van der Waals surface area contributed by atoms with Crippen molar-refractivity contribution in [2.45, 2.75) is 12.6 Å². The van der Waals surface area contributed by atoms with E-state index in [1.54, 1.807) is 24.6 Å². The normalized spacial score (nSPS) is 12.4. The van der Waals surface area contributed by atoms with Crippen LogP contribution in [0.2, 0.25) is 0 Å². The topological polar surface area (TPSA) is 80.4 Å². The van der Waals surface area contributed by atoms with Crippen LogP contribution in [0.4, 0.5) is 0 Å². The molecule has 1 atom stereocenters. The van der Waals surface area contributed by atoms with Crippen LogP contribution in [0.5, 0.6) is 0 Å². The van der Waals surface area contributed by atoms with Crippen molar-refractivity contribution in [1.29, 1.82) is 0 Å². The predicted octanol–water partition coefficient (Wildman–Crippen LogP) is 1.41. The molecule has 2 heterocycles. The molecule has 0 spiro atoms. The second-order valence-corrected chi connectivity index (χ2v) is 5.99. The Hall–Kier alpha value is -2.93. The van der Waals surface area contributed by atoms with Crippen LogP contribution in [0.3, 0.4) is 0 Å². The van der Waals surface area contributed by atoms with Crippen LogP contribution < -0.4 is 10.9 Å². The first-order valence-corrected chi connectivity index (χ1v) is 7.97. The fourth-order valence-corrected chi connectivity index (χ4v) is 2.66. The number of nitrogens with one attached hydrogen (secondary N) is 1. The largest absolute Gasteiger partial charge is 0.468 e. The minimum atomic E-state index is -0.275. The van der Waals surface area contributed by atoms with Crippen LogP contribution in [0.1, 0.15) is 11.8 Å². The maximum atomic E-state index is 12.4. The lowest BCUT2D eigenvalue weighted by Gasteiger charge is -2.22. The lowest BCUT2D eigenvalue weighted by molar-refractivity contribution is -0.122. The smallest absolute Gasteiger partial charge is 0.275 e. The van der Waals surface area contributed by atoms with Crippen molar-refractivity contribution < 1.29 is 9.21 Å². The van der Waals surface area contributed by atoms with Crippen LogP contribution in [-0.2, 0) is 11.3 Å². The van der Waals surface area contributed by atoms with Gasteiger partial charge < -0.3 is 9.73 Å². The molecule has 0 radical (unpaired) electrons. The Bertz CT molecular complexity index is 915. The first kappa shape index (κ1) is 16.9. The highest BCUT2D eigenvalue weighted by atomic mass is 16.3. The summed E-state index contributed by atoms with van der Waals surface area (Å²) in [7, 11) is 3.82. The molecule has 3 rings (SSSR count). The maximum Gasteiger partial charge on any atom is 0.275 e. The van der Waals surface area contributed by atoms with Gasteiger partial charge in [-0.05, 0) is 32.3 Å². The summed E-state index contributed by atoms with van der Waals surface area (Å²) in [5, 5.41) is 8.22. The van der Waals surface area contributed by atoms with Gasteiger partial charge in [0.1, 0.15) is 12.3 Å². The van der Waals surface area contributed by atoms with Gasteiger partial charge in [-0.25, -0.2) is 4.68 Å². The number of nitrogens with zero attached hydrogens (tertiary/aromatic N) is 3. The molecule has 3 aromatic rings. The summed E-state index contributed by atoms with van der Waals surface area (Å²) in [5.41, 5.74) is -0.275. The second kappa shape index (κ2) is 7.31. The number of furan rings is 1. The van der Waals surface area contributed by atoms with E-state index in [1.807, 2.05) is 43.3 Å². The highest BCUT2D eigenvalue weighted by Crippen LogP contribution is 2.17. The fourth-order valence-electron chi connectivity index (χ4n) is 2.66. The number of likely N-dealkylation sites (N-methyl/N-ethyl adjacent to an activating group) is 1. The summed E-state index contributed by atoms with van der Waals surface area (Å²) in [6.07, 6.45) is 3.20. The number of hydrogen-bond donors (Lipinski definition) is 1. The van der Waals surface area contributed by atoms with E-state index in [0.717, 1.165) is 11.1 Å². The fraction of sp³-hybridized carbons (Fsp3) is 0.278. The van der Waals surface area contributed by atoms with E-state index < -0.39 is 0 Å². The van der Waals surface area contributed by atoms with E-state index in [2.05, 4.69) is 10.4 Å². The van der Waals surface area contributed by atoms with Gasteiger partial charge in [-0.1, -0.05) is 18.2 Å². The number of amides is 1. The maximum absolute atomic E-state index is 12.4. The quantitative estimate of drug-likeness (QED) is 0.734. The Labute approximate surface area is 144 Å². The molecule has 1 unspecified atom stereocenters. The van der Waals surface area contributed by atoms with E-state index >= 15 is 0 Å². The molecule has 0 aliphatic rings. The third-order valence-corrected chi connectivity index (χ3v) is 4.04. The van der Waals surface area contributed by atoms with Gasteiger partial charge in [-0.15, -0.1) is 0 Å². The zero-order chi connectivity index (χ0) is 17.8. The zero-order valence-corrected chi connectivity index (χ0v) is 14.2. The Morgan fingerprint density at radius 2 is 2.08 bits per heavy atom. The zero-order valence-electron chi connectivity index (χ0n) is 14.2. The minimum absolute atomic E-state index is 0.0831. The lowest BCUT2D eigenvalue weighted by atomic mass is 10.2. The summed E-state index contributed by atoms with van der Waals surface area (Å²) < 4.78 is 6.59. The summed E-state index contributed by atoms with van der Waals surface area (Å²) in [4.78, 5) is 26.6. The molecule has 1 amide bonds. The average molecular weight is 340 g/mol. The molecule has 0 aliphatic heterocycles. The van der Waals surface area contributed by atoms with Crippen LogP contribution in [-0.4, -0.2) is 41.2 Å². The molecule has 7 nitrogen and oxygen atoms in total. The molecule has 1 N–H and O–H groups in total. The number of hydrogen-bond acceptors (Lipinski definition) is 5. The van der Waals surface area contributed by atoms with Crippen LogP contribution in [0.25, 0.3) is 10.8 Å². The van der Waals surface area contributed by atoms with Crippen LogP contribution >= 0.6 is 0 Å². The van der Waals surface area contributed by atoms with Gasteiger partial charge in [0, 0.05) is 11.9 Å². The lowest BCUT2D eigenvalue weighted by Crippen LogP contribution is -2.38. The highest BCUT2D eigenvalue weighted by Gasteiger charge is 2.18. The molecule has 0 aliphatic carbocycles. The van der Waals surface area contributed by atoms with Crippen LogP contribution in [0, 0.1) is 0 Å². The van der Waals surface area contributed by atoms with E-state index in [-0.39, 0.29) is 24.1 Å². The van der Waals surface area contributed by atoms with Gasteiger partial charge in [0.2, 0.25) is 5.91 Å². The standard InChI is InChI=1S/C18H20N4O3/c1-21(2)15(16-8-5-9-25-16)11-19-17(23)12-22-18(24)14-7-4-3-6-13(14)10-20-22/h3-10,15H,11-12H2,1-2H3,(H,19,23). The molecule has 130 valence electrons. The van der Waals surface area contributed by atoms with Crippen molar-refractivity contribution in [3.05, 3.63) is 65.0 Å². The average Bonchev–Trinajstić information content (AvgIpc) is 3.12. The first-order valence-electron chi connectivity index (χ1n) is 7.97. The monoisotopic (exact) mass is 340 g/mol. The molecular weight excluding hydrogens is 320 g/mol. The van der Waals surface area contributed by atoms with Gasteiger partial charge >= 0.3 is 0 Å². The van der Waals surface area contributed by atoms with Gasteiger partial charge in [-0.3, -0.25) is 14.5 Å². The van der Waals surface area contributed by atoms with Gasteiger partial charge in [0.05, 0.1) is 23.9 Å². The molecule has 1 aromatic carbocycles. The van der Waals surface area contributed by atoms with Crippen molar-refractivity contribution in [3.8, 4) is 0 Å². The molecule has 0 saturated carbocycles. The Morgan fingerprint density at radius 1 is 1.28 bits per heavy atom. The van der Waals surface area contributed by atoms with E-state index in [9.17, 15) is 9.59 Å². The number of carbonyl (C=O) groups is 1. The molecule has 2 aromatic heterocycles. The molecule has 25 heavy (non-hydrogen) atoms. The van der Waals surface area contributed by atoms with Crippen molar-refractivity contribution in [2.75, 3.05) is 20.6 Å². The van der Waals surface area contributed by atoms with Crippen molar-refractivity contribution in [1.82, 2.24) is 20.0 Å². The number of aromatic nitrogens is 2. The summed E-state index contributed by atoms with van der Waals surface area (Å²) >= 11 is 0. The summed E-state index contributed by atoms with van der Waals surface area (Å²) in [6.45, 7) is 0.254. The highest BCUT2D eigenvalue weighted by molar-refractivity contribution is 5.81. The van der Waals surface area contributed by atoms with Crippen molar-refractivity contribution in [3.63, 3.8) is 0 Å². The van der Waals surface area contributed by atoms with Gasteiger partial charge in [0.25, 0.3) is 5.56 Å². The third kappa shape index (κ3) is 3.77. The second-order valence-electron chi connectivity index (χ2n) is 5.99. The Balaban J connectivity index is 1.68. The predicted molar refractivity (Wildman–Crippen MR) is 94.1 cm³/mol. The first-order chi connectivity index (χ1) is 12.1. The number of benzene rings is 1. The summed E-state index contributed by atoms with van der Waals surface area (Å²) in [5.74, 6) is 0.495.